The fraction of sp³-hybridized carbons (Fsp3) is 0.294. The van der Waals surface area contributed by atoms with Crippen LogP contribution in [0.25, 0.3) is 11.1 Å². The first-order chi connectivity index (χ1) is 19.6. The number of esters is 1. The van der Waals surface area contributed by atoms with Crippen molar-refractivity contribution in [2.24, 2.45) is 5.92 Å². The van der Waals surface area contributed by atoms with Gasteiger partial charge in [0.1, 0.15) is 13.2 Å². The van der Waals surface area contributed by atoms with Crippen molar-refractivity contribution in [3.63, 3.8) is 0 Å². The zero-order valence-corrected chi connectivity index (χ0v) is 23.2. The molecule has 206 valence electrons. The Morgan fingerprint density at radius 3 is 2.12 bits per heavy atom. The number of nitrogens with zero attached hydrogens (tertiary/aromatic N) is 2. The van der Waals surface area contributed by atoms with Crippen LogP contribution in [0.15, 0.2) is 91.0 Å². The second-order valence-electron chi connectivity index (χ2n) is 10.1. The summed E-state index contributed by atoms with van der Waals surface area (Å²) < 4.78 is 17.5. The van der Waals surface area contributed by atoms with Crippen LogP contribution in [0.1, 0.15) is 36.5 Å². The molecule has 2 heterocycles. The molecule has 0 bridgehead atoms. The largest absolute Gasteiger partial charge is 0.473 e. The molecule has 1 aliphatic heterocycles. The zero-order valence-electron chi connectivity index (χ0n) is 23.2. The molecule has 0 atom stereocenters. The number of carbonyl (C=O) groups excluding carboxylic acids is 1. The van der Waals surface area contributed by atoms with Crippen molar-refractivity contribution in [1.29, 1.82) is 0 Å². The molecule has 6 heteroatoms. The Hall–Kier alpha value is -4.32. The van der Waals surface area contributed by atoms with E-state index in [1.54, 1.807) is 0 Å². The molecule has 1 aromatic heterocycles. The Labute approximate surface area is 236 Å². The quantitative estimate of drug-likeness (QED) is 0.204. The Morgan fingerprint density at radius 1 is 0.850 bits per heavy atom. The molecule has 6 nitrogen and oxygen atoms in total. The predicted octanol–water partition coefficient (Wildman–Crippen LogP) is 6.99. The van der Waals surface area contributed by atoms with E-state index in [0.717, 1.165) is 48.2 Å². The van der Waals surface area contributed by atoms with Crippen molar-refractivity contribution < 1.29 is 19.0 Å². The summed E-state index contributed by atoms with van der Waals surface area (Å²) in [5.74, 6) is 0.986. The van der Waals surface area contributed by atoms with Crippen LogP contribution in [0.5, 0.6) is 11.8 Å². The van der Waals surface area contributed by atoms with Crippen LogP contribution < -0.4 is 14.4 Å². The normalized spacial score (nSPS) is 13.6. The summed E-state index contributed by atoms with van der Waals surface area (Å²) in [4.78, 5) is 19.3. The van der Waals surface area contributed by atoms with E-state index in [4.69, 9.17) is 19.2 Å². The van der Waals surface area contributed by atoms with E-state index < -0.39 is 0 Å². The molecule has 4 aromatic rings. The van der Waals surface area contributed by atoms with Crippen LogP contribution in [0.4, 0.5) is 5.69 Å². The minimum atomic E-state index is -0.0686. The van der Waals surface area contributed by atoms with Gasteiger partial charge in [-0.1, -0.05) is 66.7 Å². The fourth-order valence-electron chi connectivity index (χ4n) is 5.09. The molecule has 0 radical (unpaired) electrons. The smallest absolute Gasteiger partial charge is 0.309 e. The lowest BCUT2D eigenvalue weighted by Crippen LogP contribution is -2.37. The number of rotatable bonds is 10. The number of carbonyl (C=O) groups is 1. The molecule has 40 heavy (non-hydrogen) atoms. The average Bonchev–Trinajstić information content (AvgIpc) is 3.00. The van der Waals surface area contributed by atoms with Gasteiger partial charge in [-0.15, -0.1) is 0 Å². The molecular formula is C34H36N2O4. The molecule has 5 rings (SSSR count). The maximum Gasteiger partial charge on any atom is 0.309 e. The number of aryl methyl sites for hydroxylation is 1. The molecule has 0 saturated carbocycles. The Morgan fingerprint density at radius 2 is 1.50 bits per heavy atom. The lowest BCUT2D eigenvalue weighted by molar-refractivity contribution is -0.148. The predicted molar refractivity (Wildman–Crippen MR) is 158 cm³/mol. The van der Waals surface area contributed by atoms with Gasteiger partial charge in [-0.2, -0.15) is 4.98 Å². The molecule has 0 unspecified atom stereocenters. The van der Waals surface area contributed by atoms with E-state index in [2.05, 4.69) is 30.0 Å². The summed E-state index contributed by atoms with van der Waals surface area (Å²) >= 11 is 0. The van der Waals surface area contributed by atoms with E-state index >= 15 is 0 Å². The highest BCUT2D eigenvalue weighted by Crippen LogP contribution is 2.35. The number of hydrogen-bond acceptors (Lipinski definition) is 6. The molecule has 0 amide bonds. The van der Waals surface area contributed by atoms with Gasteiger partial charge in [0, 0.05) is 30.4 Å². The second-order valence-corrected chi connectivity index (χ2v) is 10.1. The first kappa shape index (κ1) is 27.3. The monoisotopic (exact) mass is 536 g/mol. The third kappa shape index (κ3) is 6.81. The summed E-state index contributed by atoms with van der Waals surface area (Å²) in [6, 6.07) is 30.5. The third-order valence-electron chi connectivity index (χ3n) is 7.25. The van der Waals surface area contributed by atoms with Gasteiger partial charge >= 0.3 is 5.97 Å². The van der Waals surface area contributed by atoms with Gasteiger partial charge in [-0.25, -0.2) is 0 Å². The minimum absolute atomic E-state index is 0.00574. The molecule has 3 aromatic carbocycles. The van der Waals surface area contributed by atoms with Gasteiger partial charge in [0.2, 0.25) is 11.8 Å². The number of pyridine rings is 1. The molecule has 0 aliphatic carbocycles. The summed E-state index contributed by atoms with van der Waals surface area (Å²) in [7, 11) is 0. The highest BCUT2D eigenvalue weighted by atomic mass is 16.5. The summed E-state index contributed by atoms with van der Waals surface area (Å²) in [5.41, 5.74) is 6.46. The van der Waals surface area contributed by atoms with Crippen LogP contribution in [0.3, 0.4) is 0 Å². The number of anilines is 1. The van der Waals surface area contributed by atoms with Gasteiger partial charge in [-0.3, -0.25) is 4.79 Å². The topological polar surface area (TPSA) is 60.9 Å². The Balaban J connectivity index is 1.34. The highest BCUT2D eigenvalue weighted by molar-refractivity contribution is 5.74. The maximum atomic E-state index is 12.2. The summed E-state index contributed by atoms with van der Waals surface area (Å²) in [6.07, 6.45) is 1.62. The minimum Gasteiger partial charge on any atom is -0.473 e. The van der Waals surface area contributed by atoms with Gasteiger partial charge in [0.15, 0.2) is 0 Å². The van der Waals surface area contributed by atoms with Crippen LogP contribution >= 0.6 is 0 Å². The van der Waals surface area contributed by atoms with E-state index in [1.807, 2.05) is 79.7 Å². The number of benzene rings is 3. The van der Waals surface area contributed by atoms with Crippen molar-refractivity contribution in [3.8, 4) is 22.9 Å². The van der Waals surface area contributed by atoms with Crippen molar-refractivity contribution in [2.75, 3.05) is 24.6 Å². The van der Waals surface area contributed by atoms with E-state index in [-0.39, 0.29) is 11.9 Å². The van der Waals surface area contributed by atoms with E-state index in [1.165, 1.54) is 11.3 Å². The molecule has 0 N–H and O–H groups in total. The van der Waals surface area contributed by atoms with Gasteiger partial charge in [0.25, 0.3) is 0 Å². The average molecular weight is 537 g/mol. The number of hydrogen-bond donors (Lipinski definition) is 0. The molecule has 1 aliphatic rings. The van der Waals surface area contributed by atoms with Gasteiger partial charge < -0.3 is 19.1 Å². The summed E-state index contributed by atoms with van der Waals surface area (Å²) in [6.45, 7) is 6.95. The molecule has 1 fully saturated rings. The summed E-state index contributed by atoms with van der Waals surface area (Å²) in [5, 5.41) is 0. The van der Waals surface area contributed by atoms with Crippen molar-refractivity contribution in [1.82, 2.24) is 4.98 Å². The Bertz CT molecular complexity index is 1400. The van der Waals surface area contributed by atoms with E-state index in [9.17, 15) is 4.79 Å². The van der Waals surface area contributed by atoms with Crippen LogP contribution in [-0.4, -0.2) is 30.6 Å². The lowest BCUT2D eigenvalue weighted by atomic mass is 9.95. The molecule has 0 spiro atoms. The lowest BCUT2D eigenvalue weighted by Gasteiger charge is -2.33. The van der Waals surface area contributed by atoms with Crippen LogP contribution in [0, 0.1) is 12.8 Å². The SMILES string of the molecule is CCOC(=O)C1CCN(c2ccc(-c3ccc(OCc4ccccc4)nc3OCc3ccccc3)cc2C)CC1. The van der Waals surface area contributed by atoms with Crippen LogP contribution in [0.2, 0.25) is 0 Å². The third-order valence-corrected chi connectivity index (χ3v) is 7.25. The first-order valence-corrected chi connectivity index (χ1v) is 14.0. The number of aromatic nitrogens is 1. The fourth-order valence-corrected chi connectivity index (χ4v) is 5.09. The standard InChI is InChI=1S/C34H36N2O4/c1-3-38-34(37)28-18-20-36(21-19-28)31-16-14-29(22-25(31)2)30-15-17-32(39-23-26-10-6-4-7-11-26)35-33(30)40-24-27-12-8-5-9-13-27/h4-17,22,28H,3,18-21,23-24H2,1-2H3. The highest BCUT2D eigenvalue weighted by Gasteiger charge is 2.26. The van der Waals surface area contributed by atoms with Gasteiger partial charge in [-0.05, 0) is 67.1 Å². The molecule has 1 saturated heterocycles. The van der Waals surface area contributed by atoms with Crippen molar-refractivity contribution >= 4 is 11.7 Å². The van der Waals surface area contributed by atoms with Gasteiger partial charge in [0.05, 0.1) is 12.5 Å². The first-order valence-electron chi connectivity index (χ1n) is 14.0. The number of piperidine rings is 1. The van der Waals surface area contributed by atoms with Crippen molar-refractivity contribution in [3.05, 3.63) is 108 Å². The van der Waals surface area contributed by atoms with E-state index in [0.29, 0.717) is 31.6 Å². The van der Waals surface area contributed by atoms with Crippen molar-refractivity contribution in [2.45, 2.75) is 39.9 Å². The maximum absolute atomic E-state index is 12.2. The molecular weight excluding hydrogens is 500 g/mol. The zero-order chi connectivity index (χ0) is 27.7. The Kier molecular flexibility index (Phi) is 8.96. The second kappa shape index (κ2) is 13.2. The number of ether oxygens (including phenoxy) is 3. The van der Waals surface area contributed by atoms with Crippen LogP contribution in [-0.2, 0) is 22.7 Å².